The van der Waals surface area contributed by atoms with Crippen molar-refractivity contribution < 1.29 is 0 Å². The van der Waals surface area contributed by atoms with Crippen LogP contribution >= 0.6 is 0 Å². The zero-order valence-corrected chi connectivity index (χ0v) is 13.5. The summed E-state index contributed by atoms with van der Waals surface area (Å²) in [6.07, 6.45) is 7.82. The van der Waals surface area contributed by atoms with Crippen LogP contribution in [0.4, 0.5) is 0 Å². The molecule has 1 atom stereocenters. The van der Waals surface area contributed by atoms with Crippen LogP contribution in [0.15, 0.2) is 47.4 Å². The van der Waals surface area contributed by atoms with Crippen molar-refractivity contribution in [3.63, 3.8) is 0 Å². The zero-order chi connectivity index (χ0) is 15.6. The highest BCUT2D eigenvalue weighted by Crippen LogP contribution is 2.31. The van der Waals surface area contributed by atoms with Crippen LogP contribution in [0.2, 0.25) is 0 Å². The number of H-pyrrole nitrogens is 1. The topological polar surface area (TPSA) is 36.1 Å². The monoisotopic (exact) mass is 308 g/mol. The Morgan fingerprint density at radius 2 is 1.78 bits per heavy atom. The van der Waals surface area contributed by atoms with Gasteiger partial charge in [-0.3, -0.25) is 4.79 Å². The van der Waals surface area contributed by atoms with E-state index in [1.807, 2.05) is 0 Å². The van der Waals surface area contributed by atoms with E-state index in [2.05, 4.69) is 40.2 Å². The van der Waals surface area contributed by atoms with Crippen molar-refractivity contribution in [1.82, 2.24) is 9.88 Å². The Balaban J connectivity index is 1.40. The van der Waals surface area contributed by atoms with Gasteiger partial charge in [0.05, 0.1) is 0 Å². The fraction of sp³-hybridized carbons (Fsp3) is 0.450. The minimum atomic E-state index is 0.0221. The van der Waals surface area contributed by atoms with Crippen LogP contribution in [0, 0.1) is 0 Å². The van der Waals surface area contributed by atoms with Gasteiger partial charge in [0.2, 0.25) is 5.56 Å². The number of piperidine rings is 1. The molecule has 1 aliphatic carbocycles. The highest BCUT2D eigenvalue weighted by Gasteiger charge is 2.28. The first-order valence-corrected chi connectivity index (χ1v) is 8.79. The van der Waals surface area contributed by atoms with Gasteiger partial charge in [0.1, 0.15) is 0 Å². The second-order valence-electron chi connectivity index (χ2n) is 6.96. The van der Waals surface area contributed by atoms with Crippen LogP contribution in [-0.2, 0) is 12.8 Å². The van der Waals surface area contributed by atoms with E-state index >= 15 is 0 Å². The summed E-state index contributed by atoms with van der Waals surface area (Å²) < 4.78 is 0. The van der Waals surface area contributed by atoms with Gasteiger partial charge in [-0.2, -0.15) is 0 Å². The largest absolute Gasteiger partial charge is 0.329 e. The van der Waals surface area contributed by atoms with Gasteiger partial charge in [-0.25, -0.2) is 0 Å². The molecular weight excluding hydrogens is 284 g/mol. The van der Waals surface area contributed by atoms with Crippen LogP contribution < -0.4 is 5.56 Å². The van der Waals surface area contributed by atoms with Crippen LogP contribution in [-0.4, -0.2) is 29.0 Å². The normalized spacial score (nSPS) is 22.7. The molecule has 23 heavy (non-hydrogen) atoms. The van der Waals surface area contributed by atoms with Crippen LogP contribution in [0.1, 0.15) is 41.9 Å². The van der Waals surface area contributed by atoms with Crippen molar-refractivity contribution in [2.45, 2.75) is 44.1 Å². The van der Waals surface area contributed by atoms with Gasteiger partial charge in [-0.15, -0.1) is 0 Å². The maximum atomic E-state index is 11.5. The van der Waals surface area contributed by atoms with E-state index in [0.717, 1.165) is 13.1 Å². The molecule has 0 radical (unpaired) electrons. The maximum Gasteiger partial charge on any atom is 0.248 e. The summed E-state index contributed by atoms with van der Waals surface area (Å²) in [7, 11) is 0. The first-order valence-electron chi connectivity index (χ1n) is 8.79. The van der Waals surface area contributed by atoms with Crippen molar-refractivity contribution in [2.75, 3.05) is 13.1 Å². The number of aryl methyl sites for hydroxylation is 1. The number of hydrogen-bond donors (Lipinski definition) is 1. The molecule has 2 heterocycles. The lowest BCUT2D eigenvalue weighted by molar-refractivity contribution is 0.140. The van der Waals surface area contributed by atoms with Crippen molar-refractivity contribution in [2.24, 2.45) is 0 Å². The van der Waals surface area contributed by atoms with Crippen LogP contribution in [0.3, 0.4) is 0 Å². The number of likely N-dealkylation sites (tertiary alicyclic amines) is 1. The zero-order valence-electron chi connectivity index (χ0n) is 13.5. The Hall–Kier alpha value is -1.87. The van der Waals surface area contributed by atoms with Crippen molar-refractivity contribution >= 4 is 0 Å². The molecule has 1 aromatic heterocycles. The fourth-order valence-electron chi connectivity index (χ4n) is 4.30. The Morgan fingerprint density at radius 1 is 1.00 bits per heavy atom. The summed E-state index contributed by atoms with van der Waals surface area (Å²) in [6.45, 7) is 2.31. The quantitative estimate of drug-likeness (QED) is 0.925. The van der Waals surface area contributed by atoms with Gasteiger partial charge in [-0.1, -0.05) is 24.3 Å². The lowest BCUT2D eigenvalue weighted by Gasteiger charge is -2.40. The molecule has 0 bridgehead atoms. The lowest BCUT2D eigenvalue weighted by Crippen LogP contribution is -2.43. The first-order chi connectivity index (χ1) is 11.3. The first kappa shape index (κ1) is 14.7. The number of aromatic amines is 1. The molecule has 4 rings (SSSR count). The molecule has 1 aromatic carbocycles. The molecule has 2 aromatic rings. The minimum Gasteiger partial charge on any atom is -0.329 e. The molecule has 0 amide bonds. The third-order valence-electron chi connectivity index (χ3n) is 5.64. The summed E-state index contributed by atoms with van der Waals surface area (Å²) >= 11 is 0. The standard InChI is InChI=1S/C20H24N2O/c23-20-14-18(7-10-21-20)16-8-11-22(12-9-16)19-6-5-15-3-1-2-4-17(15)13-19/h1-4,7,10,14,16,19H,5-6,8-9,11-13H2,(H,21,23). The number of benzene rings is 1. The van der Waals surface area contributed by atoms with E-state index in [-0.39, 0.29) is 5.56 Å². The van der Waals surface area contributed by atoms with E-state index in [0.29, 0.717) is 12.0 Å². The van der Waals surface area contributed by atoms with Gasteiger partial charge < -0.3 is 9.88 Å². The molecule has 0 spiro atoms. The predicted octanol–water partition coefficient (Wildman–Crippen LogP) is 3.11. The van der Waals surface area contributed by atoms with Gasteiger partial charge in [0.15, 0.2) is 0 Å². The number of nitrogens with one attached hydrogen (secondary N) is 1. The Morgan fingerprint density at radius 3 is 2.57 bits per heavy atom. The third-order valence-corrected chi connectivity index (χ3v) is 5.64. The van der Waals surface area contributed by atoms with Crippen molar-refractivity contribution in [3.05, 3.63) is 69.6 Å². The van der Waals surface area contributed by atoms with Gasteiger partial charge >= 0.3 is 0 Å². The molecular formula is C20H24N2O. The smallest absolute Gasteiger partial charge is 0.248 e. The summed E-state index contributed by atoms with van der Waals surface area (Å²) in [4.78, 5) is 16.9. The summed E-state index contributed by atoms with van der Waals surface area (Å²) in [5.41, 5.74) is 4.32. The highest BCUT2D eigenvalue weighted by atomic mass is 16.1. The molecule has 1 N–H and O–H groups in total. The third kappa shape index (κ3) is 3.11. The fourth-order valence-corrected chi connectivity index (χ4v) is 4.30. The molecule has 1 fully saturated rings. The van der Waals surface area contributed by atoms with Crippen LogP contribution in [0.25, 0.3) is 0 Å². The number of rotatable bonds is 2. The molecule has 2 aliphatic rings. The van der Waals surface area contributed by atoms with Gasteiger partial charge in [0.25, 0.3) is 0 Å². The van der Waals surface area contributed by atoms with Crippen molar-refractivity contribution in [3.8, 4) is 0 Å². The molecule has 3 nitrogen and oxygen atoms in total. The second-order valence-corrected chi connectivity index (χ2v) is 6.96. The molecule has 0 saturated carbocycles. The molecule has 1 saturated heterocycles. The highest BCUT2D eigenvalue weighted by molar-refractivity contribution is 5.30. The summed E-state index contributed by atoms with van der Waals surface area (Å²) in [5.74, 6) is 0.546. The Bertz CT molecular complexity index is 728. The lowest BCUT2D eigenvalue weighted by atomic mass is 9.84. The molecule has 120 valence electrons. The number of nitrogens with zero attached hydrogens (tertiary/aromatic N) is 1. The number of aromatic nitrogens is 1. The summed E-state index contributed by atoms with van der Waals surface area (Å²) in [5, 5.41) is 0. The number of fused-ring (bicyclic) bond motifs is 1. The SMILES string of the molecule is O=c1cc(C2CCN(C3CCc4ccccc4C3)CC2)cc[nH]1. The minimum absolute atomic E-state index is 0.0221. The van der Waals surface area contributed by atoms with Crippen LogP contribution in [0.5, 0.6) is 0 Å². The summed E-state index contributed by atoms with van der Waals surface area (Å²) in [6, 6.07) is 13.4. The second kappa shape index (κ2) is 6.32. The number of pyridine rings is 1. The maximum absolute atomic E-state index is 11.5. The van der Waals surface area contributed by atoms with Gasteiger partial charge in [0, 0.05) is 18.3 Å². The van der Waals surface area contributed by atoms with E-state index in [1.54, 1.807) is 23.4 Å². The average molecular weight is 308 g/mol. The average Bonchev–Trinajstić information content (AvgIpc) is 2.61. The van der Waals surface area contributed by atoms with E-state index < -0.39 is 0 Å². The van der Waals surface area contributed by atoms with Gasteiger partial charge in [-0.05, 0) is 73.9 Å². The predicted molar refractivity (Wildman–Crippen MR) is 92.9 cm³/mol. The van der Waals surface area contributed by atoms with E-state index in [9.17, 15) is 4.79 Å². The molecule has 3 heteroatoms. The van der Waals surface area contributed by atoms with E-state index in [1.165, 1.54) is 37.7 Å². The molecule has 1 unspecified atom stereocenters. The molecule has 1 aliphatic heterocycles. The number of hydrogen-bond acceptors (Lipinski definition) is 2. The van der Waals surface area contributed by atoms with E-state index in [4.69, 9.17) is 0 Å². The van der Waals surface area contributed by atoms with Crippen molar-refractivity contribution in [1.29, 1.82) is 0 Å². The Kier molecular flexibility index (Phi) is 4.04. The Labute approximate surface area is 137 Å².